The Morgan fingerprint density at radius 1 is 1.37 bits per heavy atom. The minimum Gasteiger partial charge on any atom is -0.494 e. The van der Waals surface area contributed by atoms with E-state index in [0.717, 1.165) is 24.2 Å². The van der Waals surface area contributed by atoms with Gasteiger partial charge in [0, 0.05) is 25.2 Å². The quantitative estimate of drug-likeness (QED) is 0.638. The third-order valence-corrected chi connectivity index (χ3v) is 3.21. The Hall–Kier alpha value is -1.10. The fourth-order valence-corrected chi connectivity index (χ4v) is 2.13. The maximum atomic E-state index is 9.05. The molecule has 0 bridgehead atoms. The Bertz CT molecular complexity index is 358. The van der Waals surface area contributed by atoms with E-state index in [1.54, 1.807) is 0 Å². The van der Waals surface area contributed by atoms with Crippen molar-refractivity contribution in [3.8, 4) is 5.75 Å². The monoisotopic (exact) mass is 266 g/mol. The van der Waals surface area contributed by atoms with Gasteiger partial charge in [-0.2, -0.15) is 0 Å². The summed E-state index contributed by atoms with van der Waals surface area (Å²) < 4.78 is 5.51. The van der Waals surface area contributed by atoms with E-state index in [-0.39, 0.29) is 18.7 Å². The van der Waals surface area contributed by atoms with E-state index in [1.165, 1.54) is 0 Å². The molecule has 0 saturated carbocycles. The lowest BCUT2D eigenvalue weighted by atomic mass is 10.0. The second-order valence-corrected chi connectivity index (χ2v) is 4.58. The third-order valence-electron chi connectivity index (χ3n) is 3.21. The molecule has 0 aliphatic carbocycles. The largest absolute Gasteiger partial charge is 0.494 e. The van der Waals surface area contributed by atoms with Crippen LogP contribution in [-0.2, 0) is 0 Å². The zero-order chi connectivity index (χ0) is 14.1. The van der Waals surface area contributed by atoms with Crippen LogP contribution in [0, 0.1) is 0 Å². The molecule has 0 aliphatic rings. The van der Waals surface area contributed by atoms with Crippen molar-refractivity contribution in [3.63, 3.8) is 0 Å². The highest BCUT2D eigenvalue weighted by Gasteiger charge is 2.14. The van der Waals surface area contributed by atoms with E-state index < -0.39 is 0 Å². The van der Waals surface area contributed by atoms with Crippen LogP contribution in [0.2, 0.25) is 0 Å². The minimum atomic E-state index is 0.0944. The first-order chi connectivity index (χ1) is 9.24. The Morgan fingerprint density at radius 3 is 2.74 bits per heavy atom. The SMILES string of the molecule is CCOc1cccc(C(CN)NC(CC)CCO)c1. The number of hydrogen-bond acceptors (Lipinski definition) is 4. The van der Waals surface area contributed by atoms with Crippen molar-refractivity contribution in [2.24, 2.45) is 5.73 Å². The number of aliphatic hydroxyl groups excluding tert-OH is 1. The van der Waals surface area contributed by atoms with Gasteiger partial charge in [0.15, 0.2) is 0 Å². The van der Waals surface area contributed by atoms with Crippen LogP contribution in [0.15, 0.2) is 24.3 Å². The minimum absolute atomic E-state index is 0.0944. The third kappa shape index (κ3) is 5.19. The van der Waals surface area contributed by atoms with E-state index in [4.69, 9.17) is 15.6 Å². The molecule has 0 aromatic heterocycles. The van der Waals surface area contributed by atoms with Gasteiger partial charge in [0.05, 0.1) is 6.61 Å². The van der Waals surface area contributed by atoms with Crippen molar-refractivity contribution in [2.75, 3.05) is 19.8 Å². The van der Waals surface area contributed by atoms with Crippen molar-refractivity contribution in [3.05, 3.63) is 29.8 Å². The van der Waals surface area contributed by atoms with Crippen molar-refractivity contribution >= 4 is 0 Å². The molecule has 0 heterocycles. The predicted molar refractivity (Wildman–Crippen MR) is 78.3 cm³/mol. The van der Waals surface area contributed by atoms with Gasteiger partial charge in [-0.15, -0.1) is 0 Å². The Kier molecular flexibility index (Phi) is 7.48. The number of benzene rings is 1. The summed E-state index contributed by atoms with van der Waals surface area (Å²) in [5, 5.41) is 12.5. The van der Waals surface area contributed by atoms with Crippen LogP contribution in [0.1, 0.15) is 38.3 Å². The molecule has 108 valence electrons. The summed E-state index contributed by atoms with van der Waals surface area (Å²) in [5.41, 5.74) is 6.99. The molecule has 1 rings (SSSR count). The first-order valence-corrected chi connectivity index (χ1v) is 7.04. The van der Waals surface area contributed by atoms with E-state index in [1.807, 2.05) is 25.1 Å². The second-order valence-electron chi connectivity index (χ2n) is 4.58. The zero-order valence-electron chi connectivity index (χ0n) is 11.9. The smallest absolute Gasteiger partial charge is 0.119 e. The maximum Gasteiger partial charge on any atom is 0.119 e. The van der Waals surface area contributed by atoms with Crippen LogP contribution in [0.5, 0.6) is 5.75 Å². The van der Waals surface area contributed by atoms with Crippen LogP contribution in [-0.4, -0.2) is 30.9 Å². The number of hydrogen-bond donors (Lipinski definition) is 3. The lowest BCUT2D eigenvalue weighted by molar-refractivity contribution is 0.255. The molecule has 19 heavy (non-hydrogen) atoms. The maximum absolute atomic E-state index is 9.05. The Morgan fingerprint density at radius 2 is 2.16 bits per heavy atom. The van der Waals surface area contributed by atoms with Crippen LogP contribution >= 0.6 is 0 Å². The highest BCUT2D eigenvalue weighted by atomic mass is 16.5. The van der Waals surface area contributed by atoms with Crippen molar-refractivity contribution in [2.45, 2.75) is 38.8 Å². The lowest BCUT2D eigenvalue weighted by Crippen LogP contribution is -2.37. The predicted octanol–water partition coefficient (Wildman–Crippen LogP) is 1.84. The first kappa shape index (κ1) is 16.0. The van der Waals surface area contributed by atoms with Gasteiger partial charge in [-0.3, -0.25) is 0 Å². The molecule has 0 amide bonds. The second kappa shape index (κ2) is 8.91. The fourth-order valence-electron chi connectivity index (χ4n) is 2.13. The number of nitrogens with one attached hydrogen (secondary N) is 1. The molecule has 0 spiro atoms. The average molecular weight is 266 g/mol. The fraction of sp³-hybridized carbons (Fsp3) is 0.600. The summed E-state index contributed by atoms with van der Waals surface area (Å²) in [5.74, 6) is 0.871. The molecule has 0 aliphatic heterocycles. The van der Waals surface area contributed by atoms with E-state index >= 15 is 0 Å². The Labute approximate surface area is 116 Å². The highest BCUT2D eigenvalue weighted by molar-refractivity contribution is 5.30. The van der Waals surface area contributed by atoms with Crippen molar-refractivity contribution < 1.29 is 9.84 Å². The van der Waals surface area contributed by atoms with Crippen molar-refractivity contribution in [1.82, 2.24) is 5.32 Å². The van der Waals surface area contributed by atoms with Gasteiger partial charge in [-0.05, 0) is 37.5 Å². The number of nitrogens with two attached hydrogens (primary N) is 1. The molecule has 0 saturated heterocycles. The first-order valence-electron chi connectivity index (χ1n) is 7.04. The van der Waals surface area contributed by atoms with Gasteiger partial charge in [0.25, 0.3) is 0 Å². The summed E-state index contributed by atoms with van der Waals surface area (Å²) in [6.45, 7) is 5.46. The van der Waals surface area contributed by atoms with Crippen LogP contribution in [0.25, 0.3) is 0 Å². The highest BCUT2D eigenvalue weighted by Crippen LogP contribution is 2.20. The molecule has 4 N–H and O–H groups in total. The summed E-state index contributed by atoms with van der Waals surface area (Å²) in [6, 6.07) is 8.40. The standard InChI is InChI=1S/C15H26N2O2/c1-3-13(8-9-18)17-15(11-16)12-6-5-7-14(10-12)19-4-2/h5-7,10,13,15,17-18H,3-4,8-9,11,16H2,1-2H3. The van der Waals surface area contributed by atoms with Crippen LogP contribution in [0.4, 0.5) is 0 Å². The Balaban J connectivity index is 2.75. The van der Waals surface area contributed by atoms with E-state index in [0.29, 0.717) is 13.2 Å². The van der Waals surface area contributed by atoms with E-state index in [9.17, 15) is 0 Å². The molecule has 4 nitrogen and oxygen atoms in total. The molecule has 0 fully saturated rings. The number of aliphatic hydroxyl groups is 1. The summed E-state index contributed by atoms with van der Waals surface area (Å²) in [4.78, 5) is 0. The van der Waals surface area contributed by atoms with Crippen LogP contribution < -0.4 is 15.8 Å². The molecule has 2 unspecified atom stereocenters. The molecular weight excluding hydrogens is 240 g/mol. The molecule has 1 aromatic carbocycles. The van der Waals surface area contributed by atoms with Gasteiger partial charge in [-0.1, -0.05) is 19.1 Å². The van der Waals surface area contributed by atoms with Gasteiger partial charge >= 0.3 is 0 Å². The molecule has 0 radical (unpaired) electrons. The summed E-state index contributed by atoms with van der Waals surface area (Å²) in [7, 11) is 0. The lowest BCUT2D eigenvalue weighted by Gasteiger charge is -2.24. The van der Waals surface area contributed by atoms with E-state index in [2.05, 4.69) is 18.3 Å². The van der Waals surface area contributed by atoms with Gasteiger partial charge < -0.3 is 20.9 Å². The molecule has 1 aromatic rings. The van der Waals surface area contributed by atoms with Crippen LogP contribution in [0.3, 0.4) is 0 Å². The molecule has 4 heteroatoms. The molecular formula is C15H26N2O2. The molecule has 2 atom stereocenters. The number of ether oxygens (including phenoxy) is 1. The van der Waals surface area contributed by atoms with Gasteiger partial charge in [0.1, 0.15) is 5.75 Å². The number of rotatable bonds is 9. The van der Waals surface area contributed by atoms with Gasteiger partial charge in [0.2, 0.25) is 0 Å². The van der Waals surface area contributed by atoms with Crippen molar-refractivity contribution in [1.29, 1.82) is 0 Å². The zero-order valence-corrected chi connectivity index (χ0v) is 11.9. The average Bonchev–Trinajstić information content (AvgIpc) is 2.44. The topological polar surface area (TPSA) is 67.5 Å². The summed E-state index contributed by atoms with van der Waals surface area (Å²) >= 11 is 0. The van der Waals surface area contributed by atoms with Gasteiger partial charge in [-0.25, -0.2) is 0 Å². The summed E-state index contributed by atoms with van der Waals surface area (Å²) in [6.07, 6.45) is 1.72. The normalized spacial score (nSPS) is 14.1.